The van der Waals surface area contributed by atoms with Crippen molar-refractivity contribution in [3.8, 4) is 0 Å². The lowest BCUT2D eigenvalue weighted by Gasteiger charge is -2.27. The highest BCUT2D eigenvalue weighted by Gasteiger charge is 2.34. The van der Waals surface area contributed by atoms with E-state index in [2.05, 4.69) is 43.6 Å². The quantitative estimate of drug-likeness (QED) is 0.781. The number of thiophene rings is 1. The van der Waals surface area contributed by atoms with Crippen LogP contribution in [0.1, 0.15) is 51.0 Å². The first-order valence-electron chi connectivity index (χ1n) is 6.51. The van der Waals surface area contributed by atoms with Gasteiger partial charge < -0.3 is 5.32 Å². The van der Waals surface area contributed by atoms with Crippen LogP contribution in [-0.2, 0) is 0 Å². The molecule has 0 amide bonds. The molecule has 0 spiro atoms. The minimum absolute atomic E-state index is 0.618. The second-order valence-corrected chi connectivity index (χ2v) is 6.24. The van der Waals surface area contributed by atoms with Crippen LogP contribution in [0, 0.1) is 11.8 Å². The molecule has 1 aliphatic rings. The van der Waals surface area contributed by atoms with Crippen molar-refractivity contribution in [2.45, 2.75) is 52.1 Å². The van der Waals surface area contributed by atoms with Crippen LogP contribution < -0.4 is 5.32 Å². The number of rotatable bonds is 6. The molecule has 2 heteroatoms. The Balaban J connectivity index is 2.03. The second-order valence-electron chi connectivity index (χ2n) is 5.26. The molecule has 1 aliphatic carbocycles. The Morgan fingerprint density at radius 2 is 2.19 bits per heavy atom. The molecule has 1 nitrogen and oxygen atoms in total. The summed E-state index contributed by atoms with van der Waals surface area (Å²) < 4.78 is 0. The minimum Gasteiger partial charge on any atom is -0.306 e. The van der Waals surface area contributed by atoms with Gasteiger partial charge in [-0.3, -0.25) is 0 Å². The summed E-state index contributed by atoms with van der Waals surface area (Å²) in [6.07, 6.45) is 4.04. The third-order valence-electron chi connectivity index (χ3n) is 3.58. The molecule has 1 saturated carbocycles. The van der Waals surface area contributed by atoms with E-state index in [1.165, 1.54) is 24.1 Å². The molecule has 0 aromatic carbocycles. The van der Waals surface area contributed by atoms with Gasteiger partial charge in [-0.2, -0.15) is 0 Å². The molecule has 2 rings (SSSR count). The highest BCUT2D eigenvalue weighted by molar-refractivity contribution is 7.10. The van der Waals surface area contributed by atoms with Crippen molar-refractivity contribution in [2.75, 3.05) is 0 Å². The van der Waals surface area contributed by atoms with Crippen LogP contribution in [0.5, 0.6) is 0 Å². The van der Waals surface area contributed by atoms with Crippen molar-refractivity contribution in [1.29, 1.82) is 0 Å². The van der Waals surface area contributed by atoms with Crippen molar-refractivity contribution in [1.82, 2.24) is 5.32 Å². The van der Waals surface area contributed by atoms with Gasteiger partial charge in [-0.15, -0.1) is 11.3 Å². The Labute approximate surface area is 103 Å². The van der Waals surface area contributed by atoms with E-state index in [1.807, 2.05) is 11.3 Å². The zero-order chi connectivity index (χ0) is 11.5. The first-order chi connectivity index (χ1) is 7.72. The van der Waals surface area contributed by atoms with E-state index in [4.69, 9.17) is 0 Å². The molecular formula is C14H23NS. The largest absolute Gasteiger partial charge is 0.306 e. The Morgan fingerprint density at radius 3 is 2.62 bits per heavy atom. The molecule has 0 aliphatic heterocycles. The average Bonchev–Trinajstić information content (AvgIpc) is 2.94. The summed E-state index contributed by atoms with van der Waals surface area (Å²) in [7, 11) is 0. The van der Waals surface area contributed by atoms with Gasteiger partial charge in [0.05, 0.1) is 0 Å². The van der Waals surface area contributed by atoms with Crippen LogP contribution in [0.2, 0.25) is 0 Å². The monoisotopic (exact) mass is 237 g/mol. The van der Waals surface area contributed by atoms with Gasteiger partial charge in [0.1, 0.15) is 0 Å². The maximum absolute atomic E-state index is 3.88. The molecule has 0 radical (unpaired) electrons. The topological polar surface area (TPSA) is 12.0 Å². The van der Waals surface area contributed by atoms with Crippen LogP contribution in [-0.4, -0.2) is 6.04 Å². The second kappa shape index (κ2) is 5.33. The summed E-state index contributed by atoms with van der Waals surface area (Å²) in [5.41, 5.74) is 0. The third-order valence-corrected chi connectivity index (χ3v) is 4.54. The normalized spacial score (nSPS) is 20.0. The van der Waals surface area contributed by atoms with E-state index in [1.54, 1.807) is 0 Å². The van der Waals surface area contributed by atoms with E-state index in [-0.39, 0.29) is 0 Å². The fourth-order valence-electron chi connectivity index (χ4n) is 2.36. The molecule has 2 atom stereocenters. The maximum Gasteiger partial charge on any atom is 0.0445 e. The van der Waals surface area contributed by atoms with Crippen LogP contribution in [0.25, 0.3) is 0 Å². The lowest BCUT2D eigenvalue weighted by molar-refractivity contribution is 0.330. The average molecular weight is 237 g/mol. The lowest BCUT2D eigenvalue weighted by Crippen LogP contribution is -2.36. The summed E-state index contributed by atoms with van der Waals surface area (Å²) in [4.78, 5) is 1.53. The zero-order valence-electron chi connectivity index (χ0n) is 10.6. The van der Waals surface area contributed by atoms with Gasteiger partial charge in [-0.25, -0.2) is 0 Å². The van der Waals surface area contributed by atoms with Crippen LogP contribution in [0.15, 0.2) is 17.5 Å². The smallest absolute Gasteiger partial charge is 0.0445 e. The summed E-state index contributed by atoms with van der Waals surface area (Å²) in [6.45, 7) is 6.93. The molecule has 1 N–H and O–H groups in total. The van der Waals surface area contributed by atoms with Crippen LogP contribution >= 0.6 is 11.3 Å². The number of hydrogen-bond donors (Lipinski definition) is 1. The predicted octanol–water partition coefficient (Wildman–Crippen LogP) is 4.22. The number of nitrogens with one attached hydrogen (secondary N) is 1. The van der Waals surface area contributed by atoms with Gasteiger partial charge >= 0.3 is 0 Å². The van der Waals surface area contributed by atoms with Crippen molar-refractivity contribution in [3.05, 3.63) is 22.4 Å². The van der Waals surface area contributed by atoms with Gasteiger partial charge in [-0.1, -0.05) is 26.8 Å². The zero-order valence-corrected chi connectivity index (χ0v) is 11.4. The van der Waals surface area contributed by atoms with Crippen LogP contribution in [0.4, 0.5) is 0 Å². The Bertz CT molecular complexity index is 301. The van der Waals surface area contributed by atoms with Gasteiger partial charge in [-0.05, 0) is 42.5 Å². The summed E-state index contributed by atoms with van der Waals surface area (Å²) in [5.74, 6) is 1.62. The van der Waals surface area contributed by atoms with E-state index in [0.29, 0.717) is 12.1 Å². The highest BCUT2D eigenvalue weighted by atomic mass is 32.1. The van der Waals surface area contributed by atoms with Crippen molar-refractivity contribution in [3.63, 3.8) is 0 Å². The van der Waals surface area contributed by atoms with Gasteiger partial charge in [0, 0.05) is 17.0 Å². The van der Waals surface area contributed by atoms with Crippen molar-refractivity contribution in [2.24, 2.45) is 11.8 Å². The molecule has 1 aromatic heterocycles. The van der Waals surface area contributed by atoms with E-state index >= 15 is 0 Å². The van der Waals surface area contributed by atoms with E-state index in [9.17, 15) is 0 Å². The Hall–Kier alpha value is -0.340. The molecule has 0 saturated heterocycles. The van der Waals surface area contributed by atoms with E-state index in [0.717, 1.165) is 11.8 Å². The van der Waals surface area contributed by atoms with Gasteiger partial charge in [0.25, 0.3) is 0 Å². The van der Waals surface area contributed by atoms with Crippen molar-refractivity contribution >= 4 is 11.3 Å². The maximum atomic E-state index is 3.88. The first kappa shape index (κ1) is 12.1. The Morgan fingerprint density at radius 1 is 1.44 bits per heavy atom. The molecule has 90 valence electrons. The third kappa shape index (κ3) is 2.86. The number of hydrogen-bond acceptors (Lipinski definition) is 2. The van der Waals surface area contributed by atoms with Gasteiger partial charge in [0.2, 0.25) is 0 Å². The SMILES string of the molecule is CCC(NC(c1cccs1)C1CC1)C(C)C. The van der Waals surface area contributed by atoms with E-state index < -0.39 is 0 Å². The lowest BCUT2D eigenvalue weighted by atomic mass is 9.99. The molecule has 1 heterocycles. The summed E-state index contributed by atoms with van der Waals surface area (Å²) in [5, 5.41) is 6.08. The molecule has 0 bridgehead atoms. The fraction of sp³-hybridized carbons (Fsp3) is 0.714. The summed E-state index contributed by atoms with van der Waals surface area (Å²) >= 11 is 1.90. The minimum atomic E-state index is 0.618. The summed E-state index contributed by atoms with van der Waals surface area (Å²) in [6, 6.07) is 5.74. The molecule has 2 unspecified atom stereocenters. The van der Waals surface area contributed by atoms with Crippen LogP contribution in [0.3, 0.4) is 0 Å². The van der Waals surface area contributed by atoms with Crippen molar-refractivity contribution < 1.29 is 0 Å². The molecule has 1 fully saturated rings. The standard InChI is InChI=1S/C14H23NS/c1-4-12(10(2)3)15-14(11-7-8-11)13-6-5-9-16-13/h5-6,9-12,14-15H,4,7-8H2,1-3H3. The first-order valence-corrected chi connectivity index (χ1v) is 7.39. The van der Waals surface area contributed by atoms with Gasteiger partial charge in [0.15, 0.2) is 0 Å². The Kier molecular flexibility index (Phi) is 4.04. The fourth-order valence-corrected chi connectivity index (χ4v) is 3.24. The molecule has 16 heavy (non-hydrogen) atoms. The highest BCUT2D eigenvalue weighted by Crippen LogP contribution is 2.42. The molecule has 1 aromatic rings. The predicted molar refractivity (Wildman–Crippen MR) is 71.8 cm³/mol. The molecular weight excluding hydrogens is 214 g/mol.